The maximum atomic E-state index is 13.7. The van der Waals surface area contributed by atoms with E-state index in [-0.39, 0.29) is 12.3 Å². The number of carbonyl (C=O) groups is 2. The molecule has 0 bridgehead atoms. The van der Waals surface area contributed by atoms with Crippen molar-refractivity contribution in [1.82, 2.24) is 10.2 Å². The minimum atomic E-state index is -0.668. The Morgan fingerprint density at radius 2 is 1.79 bits per heavy atom. The van der Waals surface area contributed by atoms with Crippen LogP contribution in [-0.4, -0.2) is 35.1 Å². The Morgan fingerprint density at radius 3 is 2.32 bits per heavy atom. The standard InChI is InChI=1S/C26H31BrF2N2O3/c1-17(32)30-23(14-18-12-21(28)16-22(29)13-18)8-11-31(24(33)34-25(2,3)4)26(9-10-26)19-6-5-7-20(27)15-19/h5-7,12-13,15-16,23H,8-11,14H2,1-4H3,(H,30,32)/t23-/m1/s1. The van der Waals surface area contributed by atoms with E-state index in [1.54, 1.807) is 4.90 Å². The molecule has 1 aliphatic carbocycles. The number of ether oxygens (including phenoxy) is 1. The average Bonchev–Trinajstić information content (AvgIpc) is 3.47. The zero-order chi connectivity index (χ0) is 25.1. The van der Waals surface area contributed by atoms with Crippen LogP contribution in [0.1, 0.15) is 58.1 Å². The van der Waals surface area contributed by atoms with Crippen molar-refractivity contribution in [3.05, 3.63) is 69.7 Å². The Kier molecular flexibility index (Phi) is 8.01. The van der Waals surface area contributed by atoms with Gasteiger partial charge in [-0.05, 0) is 81.8 Å². The number of benzene rings is 2. The van der Waals surface area contributed by atoms with Gasteiger partial charge in [-0.25, -0.2) is 13.6 Å². The van der Waals surface area contributed by atoms with Gasteiger partial charge >= 0.3 is 6.09 Å². The van der Waals surface area contributed by atoms with Crippen LogP contribution < -0.4 is 5.32 Å². The summed E-state index contributed by atoms with van der Waals surface area (Å²) in [5.74, 6) is -1.59. The Bertz CT molecular complexity index is 1030. The fraction of sp³-hybridized carbons (Fsp3) is 0.462. The first kappa shape index (κ1) is 26.1. The van der Waals surface area contributed by atoms with Crippen LogP contribution in [0.25, 0.3) is 0 Å². The van der Waals surface area contributed by atoms with E-state index in [1.165, 1.54) is 19.1 Å². The molecule has 0 heterocycles. The average molecular weight is 537 g/mol. The fourth-order valence-electron chi connectivity index (χ4n) is 4.22. The summed E-state index contributed by atoms with van der Waals surface area (Å²) in [6.07, 6.45) is 1.79. The van der Waals surface area contributed by atoms with Gasteiger partial charge in [0.05, 0.1) is 5.54 Å². The van der Waals surface area contributed by atoms with E-state index in [2.05, 4.69) is 21.2 Å². The molecule has 1 aliphatic rings. The lowest BCUT2D eigenvalue weighted by Crippen LogP contribution is -2.46. The highest BCUT2D eigenvalue weighted by atomic mass is 79.9. The monoisotopic (exact) mass is 536 g/mol. The summed E-state index contributed by atoms with van der Waals surface area (Å²) in [4.78, 5) is 26.9. The van der Waals surface area contributed by atoms with Crippen LogP contribution in [0.2, 0.25) is 0 Å². The summed E-state index contributed by atoms with van der Waals surface area (Å²) in [5, 5.41) is 2.86. The quantitative estimate of drug-likeness (QED) is 0.444. The van der Waals surface area contributed by atoms with E-state index < -0.39 is 34.9 Å². The van der Waals surface area contributed by atoms with Gasteiger partial charge in [0.25, 0.3) is 0 Å². The Labute approximate surface area is 208 Å². The molecule has 1 fully saturated rings. The van der Waals surface area contributed by atoms with E-state index in [4.69, 9.17) is 4.74 Å². The van der Waals surface area contributed by atoms with Gasteiger partial charge in [0.15, 0.2) is 0 Å². The molecule has 0 spiro atoms. The Hall–Kier alpha value is -2.48. The number of nitrogens with zero attached hydrogens (tertiary/aromatic N) is 1. The normalized spacial score (nSPS) is 15.4. The lowest BCUT2D eigenvalue weighted by molar-refractivity contribution is -0.119. The second-order valence-electron chi connectivity index (χ2n) is 9.84. The van der Waals surface area contributed by atoms with E-state index in [0.29, 0.717) is 18.5 Å². The van der Waals surface area contributed by atoms with Crippen LogP contribution >= 0.6 is 15.9 Å². The van der Waals surface area contributed by atoms with Crippen LogP contribution in [0.15, 0.2) is 46.9 Å². The van der Waals surface area contributed by atoms with Gasteiger partial charge in [-0.3, -0.25) is 9.69 Å². The van der Waals surface area contributed by atoms with Gasteiger partial charge in [0.2, 0.25) is 5.91 Å². The molecule has 0 radical (unpaired) electrons. The molecule has 2 aromatic rings. The lowest BCUT2D eigenvalue weighted by Gasteiger charge is -2.35. The predicted molar refractivity (Wildman–Crippen MR) is 130 cm³/mol. The van der Waals surface area contributed by atoms with Crippen molar-refractivity contribution in [3.8, 4) is 0 Å². The minimum absolute atomic E-state index is 0.236. The highest BCUT2D eigenvalue weighted by Gasteiger charge is 2.52. The summed E-state index contributed by atoms with van der Waals surface area (Å²) in [6.45, 7) is 7.17. The van der Waals surface area contributed by atoms with E-state index in [1.807, 2.05) is 45.0 Å². The van der Waals surface area contributed by atoms with Crippen LogP contribution in [0.4, 0.5) is 13.6 Å². The third kappa shape index (κ3) is 7.01. The Morgan fingerprint density at radius 1 is 1.15 bits per heavy atom. The molecule has 2 aromatic carbocycles. The van der Waals surface area contributed by atoms with E-state index in [9.17, 15) is 18.4 Å². The second-order valence-corrected chi connectivity index (χ2v) is 10.8. The largest absolute Gasteiger partial charge is 0.444 e. The summed E-state index contributed by atoms with van der Waals surface area (Å²) in [6, 6.07) is 10.8. The zero-order valence-electron chi connectivity index (χ0n) is 20.0. The first-order valence-corrected chi connectivity index (χ1v) is 12.2. The molecule has 0 aromatic heterocycles. The molecule has 3 rings (SSSR count). The minimum Gasteiger partial charge on any atom is -0.444 e. The SMILES string of the molecule is CC(=O)N[C@H](CCN(C(=O)OC(C)(C)C)C1(c2cccc(Br)c2)CC1)Cc1cc(F)cc(F)c1. The first-order chi connectivity index (χ1) is 15.9. The summed E-state index contributed by atoms with van der Waals surface area (Å²) in [7, 11) is 0. The molecule has 0 saturated heterocycles. The van der Waals surface area contributed by atoms with Crippen molar-refractivity contribution in [1.29, 1.82) is 0 Å². The van der Waals surface area contributed by atoms with Crippen molar-refractivity contribution in [3.63, 3.8) is 0 Å². The van der Waals surface area contributed by atoms with Gasteiger partial charge in [-0.15, -0.1) is 0 Å². The zero-order valence-corrected chi connectivity index (χ0v) is 21.5. The first-order valence-electron chi connectivity index (χ1n) is 11.4. The highest BCUT2D eigenvalue weighted by Crippen LogP contribution is 2.52. The molecule has 1 atom stereocenters. The van der Waals surface area contributed by atoms with E-state index in [0.717, 1.165) is 28.9 Å². The molecular formula is C26H31BrF2N2O3. The van der Waals surface area contributed by atoms with Gasteiger partial charge in [0, 0.05) is 30.0 Å². The van der Waals surface area contributed by atoms with Crippen LogP contribution in [-0.2, 0) is 21.5 Å². The number of halogens is 3. The molecule has 1 saturated carbocycles. The maximum Gasteiger partial charge on any atom is 0.411 e. The summed E-state index contributed by atoms with van der Waals surface area (Å²) >= 11 is 3.51. The van der Waals surface area contributed by atoms with Crippen LogP contribution in [0, 0.1) is 11.6 Å². The number of amides is 2. The van der Waals surface area contributed by atoms with Crippen molar-refractivity contribution >= 4 is 27.9 Å². The van der Waals surface area contributed by atoms with E-state index >= 15 is 0 Å². The highest BCUT2D eigenvalue weighted by molar-refractivity contribution is 9.10. The maximum absolute atomic E-state index is 13.7. The third-order valence-electron chi connectivity index (χ3n) is 5.73. The number of carbonyl (C=O) groups excluding carboxylic acids is 2. The third-order valence-corrected chi connectivity index (χ3v) is 6.22. The molecule has 184 valence electrons. The van der Waals surface area contributed by atoms with Gasteiger partial charge in [-0.1, -0.05) is 28.1 Å². The molecule has 5 nitrogen and oxygen atoms in total. The smallest absolute Gasteiger partial charge is 0.411 e. The van der Waals surface area contributed by atoms with Crippen molar-refractivity contribution < 1.29 is 23.1 Å². The predicted octanol–water partition coefficient (Wildman–Crippen LogP) is 6.09. The molecule has 0 aliphatic heterocycles. The fourth-order valence-corrected chi connectivity index (χ4v) is 4.62. The number of nitrogens with one attached hydrogen (secondary N) is 1. The number of rotatable bonds is 8. The summed E-state index contributed by atoms with van der Waals surface area (Å²) < 4.78 is 34.1. The van der Waals surface area contributed by atoms with Gasteiger partial charge < -0.3 is 10.1 Å². The topological polar surface area (TPSA) is 58.6 Å². The van der Waals surface area contributed by atoms with Crippen molar-refractivity contribution in [2.75, 3.05) is 6.54 Å². The number of hydrogen-bond donors (Lipinski definition) is 1. The number of hydrogen-bond acceptors (Lipinski definition) is 3. The van der Waals surface area contributed by atoms with Crippen LogP contribution in [0.5, 0.6) is 0 Å². The molecule has 0 unspecified atom stereocenters. The molecule has 8 heteroatoms. The molecular weight excluding hydrogens is 506 g/mol. The van der Waals surface area contributed by atoms with Crippen LogP contribution in [0.3, 0.4) is 0 Å². The summed E-state index contributed by atoms with van der Waals surface area (Å²) in [5.41, 5.74) is 0.292. The van der Waals surface area contributed by atoms with Gasteiger partial charge in [-0.2, -0.15) is 0 Å². The van der Waals surface area contributed by atoms with Gasteiger partial charge in [0.1, 0.15) is 17.2 Å². The van der Waals surface area contributed by atoms with Crippen molar-refractivity contribution in [2.24, 2.45) is 0 Å². The molecule has 34 heavy (non-hydrogen) atoms. The Balaban J connectivity index is 1.85. The second kappa shape index (κ2) is 10.4. The lowest BCUT2D eigenvalue weighted by atomic mass is 10.00. The molecule has 1 N–H and O–H groups in total. The molecule has 2 amide bonds. The van der Waals surface area contributed by atoms with Crippen molar-refractivity contribution in [2.45, 2.75) is 70.6 Å².